The van der Waals surface area contributed by atoms with Gasteiger partial charge in [-0.15, -0.1) is 0 Å². The Bertz CT molecular complexity index is 1720. The molecule has 0 fully saturated rings. The number of ether oxygens (including phenoxy) is 4. The van der Waals surface area contributed by atoms with E-state index in [2.05, 4.69) is 34.6 Å². The lowest BCUT2D eigenvalue weighted by atomic mass is 10.0. The number of hydrogen-bond donors (Lipinski definition) is 3. The minimum Gasteiger partial charge on any atom is -0.462 e. The van der Waals surface area contributed by atoms with Crippen LogP contribution in [-0.2, 0) is 65.4 Å². The molecule has 0 aliphatic heterocycles. The van der Waals surface area contributed by atoms with Crippen LogP contribution in [0.25, 0.3) is 0 Å². The quantitative estimate of drug-likeness (QED) is 0.0222. The number of phosphoric acid groups is 2. The zero-order chi connectivity index (χ0) is 65.6. The number of rotatable bonds is 70. The molecule has 0 rings (SSSR count). The molecule has 5 atom stereocenters. The van der Waals surface area contributed by atoms with Crippen LogP contribution in [0, 0.1) is 5.92 Å². The van der Waals surface area contributed by atoms with Gasteiger partial charge in [0.25, 0.3) is 0 Å². The maximum atomic E-state index is 13.0. The fourth-order valence-corrected chi connectivity index (χ4v) is 12.2. The maximum Gasteiger partial charge on any atom is 0.472 e. The van der Waals surface area contributed by atoms with E-state index in [1.54, 1.807) is 0 Å². The van der Waals surface area contributed by atoms with E-state index in [0.29, 0.717) is 25.7 Å². The molecule has 0 aromatic carbocycles. The number of unbranched alkanes of at least 4 members (excludes halogenated alkanes) is 42. The average molecular weight is 1310 g/mol. The van der Waals surface area contributed by atoms with Gasteiger partial charge in [0.15, 0.2) is 12.2 Å². The Morgan fingerprint density at radius 1 is 0.303 bits per heavy atom. The first-order chi connectivity index (χ1) is 43.0. The van der Waals surface area contributed by atoms with E-state index >= 15 is 0 Å². The first kappa shape index (κ1) is 87.1. The van der Waals surface area contributed by atoms with Crippen LogP contribution in [0.5, 0.6) is 0 Å². The summed E-state index contributed by atoms with van der Waals surface area (Å²) in [5, 5.41) is 10.6. The van der Waals surface area contributed by atoms with E-state index in [9.17, 15) is 43.2 Å². The summed E-state index contributed by atoms with van der Waals surface area (Å²) in [6, 6.07) is 0. The number of aliphatic hydroxyl groups is 1. The van der Waals surface area contributed by atoms with Crippen molar-refractivity contribution in [3.63, 3.8) is 0 Å². The highest BCUT2D eigenvalue weighted by Crippen LogP contribution is 2.45. The highest BCUT2D eigenvalue weighted by Gasteiger charge is 2.30. The number of hydrogen-bond acceptors (Lipinski definition) is 15. The molecule has 0 heterocycles. The SMILES string of the molecule is CCCCCCCCCCCCCCCCCC(=O)O[C@H](COC(=O)CCCCCCCCCCCCCCC)COP(=O)(O)OC[C@@H](O)COP(=O)(O)OC[C@@H](COC(=O)CCCCCCCCCCCC)OC(=O)CCCCCCCCCCC(C)C. The largest absolute Gasteiger partial charge is 0.472 e. The van der Waals surface area contributed by atoms with Crippen LogP contribution in [0.15, 0.2) is 0 Å². The number of esters is 4. The van der Waals surface area contributed by atoms with Gasteiger partial charge in [0.05, 0.1) is 26.4 Å². The molecule has 3 N–H and O–H groups in total. The summed E-state index contributed by atoms with van der Waals surface area (Å²) in [5.74, 6) is -1.40. The Balaban J connectivity index is 5.24. The maximum absolute atomic E-state index is 13.0. The molecule has 0 spiro atoms. The smallest absolute Gasteiger partial charge is 0.462 e. The molecule has 0 aliphatic carbocycles. The molecule has 528 valence electrons. The van der Waals surface area contributed by atoms with Gasteiger partial charge in [0, 0.05) is 25.7 Å². The molecular formula is C70H136O17P2. The highest BCUT2D eigenvalue weighted by atomic mass is 31.2. The second-order valence-electron chi connectivity index (χ2n) is 25.7. The van der Waals surface area contributed by atoms with E-state index in [4.69, 9.17) is 37.0 Å². The van der Waals surface area contributed by atoms with Gasteiger partial charge in [0.1, 0.15) is 19.3 Å². The third-order valence-electron chi connectivity index (χ3n) is 16.3. The highest BCUT2D eigenvalue weighted by molar-refractivity contribution is 7.47. The van der Waals surface area contributed by atoms with E-state index in [1.807, 2.05) is 0 Å². The van der Waals surface area contributed by atoms with Crippen molar-refractivity contribution in [2.75, 3.05) is 39.6 Å². The van der Waals surface area contributed by atoms with Gasteiger partial charge in [-0.3, -0.25) is 37.3 Å². The zero-order valence-electron chi connectivity index (χ0n) is 57.6. The van der Waals surface area contributed by atoms with Gasteiger partial charge in [-0.1, -0.05) is 311 Å². The van der Waals surface area contributed by atoms with Crippen molar-refractivity contribution in [2.45, 2.75) is 380 Å². The van der Waals surface area contributed by atoms with Crippen molar-refractivity contribution in [3.8, 4) is 0 Å². The van der Waals surface area contributed by atoms with Crippen LogP contribution < -0.4 is 0 Å². The molecule has 0 radical (unpaired) electrons. The van der Waals surface area contributed by atoms with Crippen molar-refractivity contribution in [3.05, 3.63) is 0 Å². The van der Waals surface area contributed by atoms with Crippen molar-refractivity contribution in [1.29, 1.82) is 0 Å². The average Bonchev–Trinajstić information content (AvgIpc) is 3.56. The van der Waals surface area contributed by atoms with E-state index < -0.39 is 97.5 Å². The standard InChI is InChI=1S/C70H136O17P2/c1-6-9-12-15-18-21-24-26-27-29-31-34-40-45-50-55-69(74)86-65(59-81-68(73)54-49-44-39-33-30-28-25-22-19-16-13-10-7-2)61-84-88(76,77)82-57-64(71)58-83-89(78,79)85-62-66(60-80-67(72)53-48-43-38-32-23-20-17-14-11-8-3)87-70(75)56-51-46-41-36-35-37-42-47-52-63(4)5/h63-66,71H,6-62H2,1-5H3,(H,76,77)(H,78,79)/t64-,65-,66-/m1/s1. The van der Waals surface area contributed by atoms with E-state index in [0.717, 1.165) is 95.8 Å². The number of carbonyl (C=O) groups excluding carboxylic acids is 4. The fourth-order valence-electron chi connectivity index (χ4n) is 10.6. The molecule has 0 bridgehead atoms. The second kappa shape index (κ2) is 63.5. The van der Waals surface area contributed by atoms with Crippen LogP contribution in [0.3, 0.4) is 0 Å². The molecule has 2 unspecified atom stereocenters. The van der Waals surface area contributed by atoms with Gasteiger partial charge in [-0.2, -0.15) is 0 Å². The Kier molecular flexibility index (Phi) is 62.1. The third-order valence-corrected chi connectivity index (χ3v) is 18.2. The van der Waals surface area contributed by atoms with Gasteiger partial charge in [0.2, 0.25) is 0 Å². The Labute approximate surface area is 543 Å². The fraction of sp³-hybridized carbons (Fsp3) is 0.943. The molecule has 17 nitrogen and oxygen atoms in total. The predicted octanol–water partition coefficient (Wildman–Crippen LogP) is 20.1. The molecular weight excluding hydrogens is 1170 g/mol. The number of phosphoric ester groups is 2. The van der Waals surface area contributed by atoms with Crippen LogP contribution in [-0.4, -0.2) is 96.7 Å². The summed E-state index contributed by atoms with van der Waals surface area (Å²) < 4.78 is 68.3. The topological polar surface area (TPSA) is 237 Å². The number of carbonyl (C=O) groups is 4. The normalized spacial score (nSPS) is 14.1. The zero-order valence-corrected chi connectivity index (χ0v) is 59.4. The lowest BCUT2D eigenvalue weighted by Gasteiger charge is -2.21. The Hall–Kier alpha value is -1.94. The van der Waals surface area contributed by atoms with E-state index in [-0.39, 0.29) is 25.7 Å². The summed E-state index contributed by atoms with van der Waals surface area (Å²) in [6.45, 7) is 7.20. The Morgan fingerprint density at radius 3 is 0.764 bits per heavy atom. The lowest BCUT2D eigenvalue weighted by molar-refractivity contribution is -0.161. The minimum atomic E-state index is -4.95. The molecule has 89 heavy (non-hydrogen) atoms. The van der Waals surface area contributed by atoms with Crippen LogP contribution in [0.1, 0.15) is 362 Å². The van der Waals surface area contributed by atoms with Gasteiger partial charge in [-0.25, -0.2) is 9.13 Å². The molecule has 0 aromatic heterocycles. The third kappa shape index (κ3) is 64.6. The molecule has 0 aromatic rings. The predicted molar refractivity (Wildman–Crippen MR) is 358 cm³/mol. The summed E-state index contributed by atoms with van der Waals surface area (Å²) in [5.41, 5.74) is 0. The molecule has 0 amide bonds. The summed E-state index contributed by atoms with van der Waals surface area (Å²) in [6.07, 6.45) is 49.8. The summed E-state index contributed by atoms with van der Waals surface area (Å²) >= 11 is 0. The van der Waals surface area contributed by atoms with Crippen LogP contribution >= 0.6 is 15.6 Å². The molecule has 0 saturated heterocycles. The van der Waals surface area contributed by atoms with Crippen molar-refractivity contribution < 1.29 is 80.2 Å². The van der Waals surface area contributed by atoms with Crippen molar-refractivity contribution >= 4 is 39.5 Å². The summed E-state index contributed by atoms with van der Waals surface area (Å²) in [4.78, 5) is 72.5. The molecule has 0 aliphatic rings. The number of aliphatic hydroxyl groups excluding tert-OH is 1. The first-order valence-corrected chi connectivity index (χ1v) is 39.6. The van der Waals surface area contributed by atoms with Crippen LogP contribution in [0.4, 0.5) is 0 Å². The Morgan fingerprint density at radius 2 is 0.517 bits per heavy atom. The van der Waals surface area contributed by atoms with Crippen molar-refractivity contribution in [1.82, 2.24) is 0 Å². The monoisotopic (exact) mass is 1310 g/mol. The minimum absolute atomic E-state index is 0.105. The lowest BCUT2D eigenvalue weighted by Crippen LogP contribution is -2.30. The van der Waals surface area contributed by atoms with Gasteiger partial charge >= 0.3 is 39.5 Å². The first-order valence-electron chi connectivity index (χ1n) is 36.6. The summed E-state index contributed by atoms with van der Waals surface area (Å²) in [7, 11) is -9.90. The van der Waals surface area contributed by atoms with Gasteiger partial charge in [-0.05, 0) is 31.6 Å². The van der Waals surface area contributed by atoms with Gasteiger partial charge < -0.3 is 33.8 Å². The molecule has 19 heteroatoms. The second-order valence-corrected chi connectivity index (χ2v) is 28.7. The van der Waals surface area contributed by atoms with Crippen LogP contribution in [0.2, 0.25) is 0 Å². The van der Waals surface area contributed by atoms with Crippen molar-refractivity contribution in [2.24, 2.45) is 5.92 Å². The van der Waals surface area contributed by atoms with E-state index in [1.165, 1.54) is 186 Å². The molecule has 0 saturated carbocycles.